The van der Waals surface area contributed by atoms with E-state index in [9.17, 15) is 13.2 Å². The maximum atomic E-state index is 11.8. The van der Waals surface area contributed by atoms with Gasteiger partial charge in [-0.3, -0.25) is 4.79 Å². The first-order valence-corrected chi connectivity index (χ1v) is 8.08. The molecule has 1 N–H and O–H groups in total. The topological polar surface area (TPSA) is 89.3 Å². The minimum absolute atomic E-state index is 0.0466. The Hall–Kier alpha value is -1.37. The fraction of sp³-hybridized carbons (Fsp3) is 0.667. The average Bonchev–Trinajstić information content (AvgIpc) is 2.80. The second-order valence-electron chi connectivity index (χ2n) is 5.05. The van der Waals surface area contributed by atoms with Crippen molar-refractivity contribution in [3.8, 4) is 0 Å². The van der Waals surface area contributed by atoms with Crippen LogP contribution in [0.1, 0.15) is 29.9 Å². The quantitative estimate of drug-likeness (QED) is 0.881. The highest BCUT2D eigenvalue weighted by atomic mass is 32.2. The van der Waals surface area contributed by atoms with Gasteiger partial charge in [-0.1, -0.05) is 5.16 Å². The summed E-state index contributed by atoms with van der Waals surface area (Å²) in [6.07, 6.45) is 0.851. The number of hydrogen-bond donors (Lipinski definition) is 1. The van der Waals surface area contributed by atoms with Crippen molar-refractivity contribution < 1.29 is 17.7 Å². The lowest BCUT2D eigenvalue weighted by Crippen LogP contribution is -2.25. The number of aryl methyl sites for hydroxylation is 2. The van der Waals surface area contributed by atoms with E-state index in [1.165, 1.54) is 0 Å². The fourth-order valence-electron chi connectivity index (χ4n) is 2.31. The van der Waals surface area contributed by atoms with Gasteiger partial charge in [0, 0.05) is 18.5 Å². The lowest BCUT2D eigenvalue weighted by atomic mass is 10.0. The largest absolute Gasteiger partial charge is 0.361 e. The lowest BCUT2D eigenvalue weighted by Gasteiger charge is -2.08. The molecule has 0 spiro atoms. The van der Waals surface area contributed by atoms with Crippen LogP contribution in [0.2, 0.25) is 0 Å². The molecule has 0 bridgehead atoms. The van der Waals surface area contributed by atoms with Gasteiger partial charge in [-0.25, -0.2) is 8.42 Å². The van der Waals surface area contributed by atoms with Crippen LogP contribution in [0.4, 0.5) is 0 Å². The number of aromatic nitrogens is 1. The summed E-state index contributed by atoms with van der Waals surface area (Å²) in [7, 11) is -2.92. The van der Waals surface area contributed by atoms with Crippen molar-refractivity contribution in [2.75, 3.05) is 11.5 Å². The molecule has 1 aliphatic rings. The molecule has 2 rings (SSSR count). The van der Waals surface area contributed by atoms with Crippen LogP contribution >= 0.6 is 0 Å². The molecule has 7 heteroatoms. The first-order chi connectivity index (χ1) is 8.87. The van der Waals surface area contributed by atoms with Crippen molar-refractivity contribution in [1.29, 1.82) is 0 Å². The highest BCUT2D eigenvalue weighted by Crippen LogP contribution is 2.21. The maximum Gasteiger partial charge on any atom is 0.220 e. The number of nitrogens with zero attached hydrogens (tertiary/aromatic N) is 1. The Bertz CT molecular complexity index is 557. The van der Waals surface area contributed by atoms with Gasteiger partial charge < -0.3 is 9.84 Å². The molecule has 1 saturated heterocycles. The number of amides is 1. The fourth-order valence-corrected chi connectivity index (χ4v) is 4.17. The van der Waals surface area contributed by atoms with Crippen LogP contribution in [0.5, 0.6) is 0 Å². The van der Waals surface area contributed by atoms with Gasteiger partial charge >= 0.3 is 0 Å². The van der Waals surface area contributed by atoms with E-state index in [1.54, 1.807) is 6.92 Å². The smallest absolute Gasteiger partial charge is 0.220 e. The number of hydrogen-bond acceptors (Lipinski definition) is 5. The van der Waals surface area contributed by atoms with E-state index in [0.717, 1.165) is 11.3 Å². The van der Waals surface area contributed by atoms with E-state index in [4.69, 9.17) is 4.52 Å². The zero-order valence-electron chi connectivity index (χ0n) is 11.1. The highest BCUT2D eigenvalue weighted by Gasteiger charge is 2.29. The molecule has 0 saturated carbocycles. The summed E-state index contributed by atoms with van der Waals surface area (Å²) in [6.45, 7) is 3.99. The molecule has 1 fully saturated rings. The van der Waals surface area contributed by atoms with Gasteiger partial charge in [-0.2, -0.15) is 0 Å². The van der Waals surface area contributed by atoms with Crippen LogP contribution in [-0.4, -0.2) is 31.0 Å². The van der Waals surface area contributed by atoms with Crippen LogP contribution < -0.4 is 5.32 Å². The molecule has 0 radical (unpaired) electrons. The monoisotopic (exact) mass is 286 g/mol. The van der Waals surface area contributed by atoms with Crippen LogP contribution in [-0.2, 0) is 21.2 Å². The predicted molar refractivity (Wildman–Crippen MR) is 69.2 cm³/mol. The van der Waals surface area contributed by atoms with Gasteiger partial charge in [-0.15, -0.1) is 0 Å². The van der Waals surface area contributed by atoms with E-state index in [2.05, 4.69) is 10.5 Å². The third-order valence-corrected chi connectivity index (χ3v) is 5.28. The van der Waals surface area contributed by atoms with Crippen LogP contribution in [0.15, 0.2) is 4.52 Å². The molecule has 0 aromatic carbocycles. The maximum absolute atomic E-state index is 11.8. The van der Waals surface area contributed by atoms with Crippen molar-refractivity contribution in [3.05, 3.63) is 17.0 Å². The first-order valence-electron chi connectivity index (χ1n) is 6.26. The summed E-state index contributed by atoms with van der Waals surface area (Å²) in [5.41, 5.74) is 1.65. The molecule has 1 aliphatic heterocycles. The Morgan fingerprint density at radius 1 is 1.47 bits per heavy atom. The number of carbonyl (C=O) groups excluding carboxylic acids is 1. The van der Waals surface area contributed by atoms with Crippen molar-refractivity contribution in [2.24, 2.45) is 5.92 Å². The second-order valence-corrected chi connectivity index (χ2v) is 7.28. The van der Waals surface area contributed by atoms with Gasteiger partial charge in [0.1, 0.15) is 5.76 Å². The lowest BCUT2D eigenvalue weighted by molar-refractivity contribution is -0.122. The third kappa shape index (κ3) is 3.56. The van der Waals surface area contributed by atoms with Crippen LogP contribution in [0, 0.1) is 19.8 Å². The molecule has 2 heterocycles. The van der Waals surface area contributed by atoms with Crippen molar-refractivity contribution in [2.45, 2.75) is 33.2 Å². The first kappa shape index (κ1) is 14.0. The van der Waals surface area contributed by atoms with Crippen molar-refractivity contribution in [3.63, 3.8) is 0 Å². The molecule has 6 nitrogen and oxygen atoms in total. The number of rotatable bonds is 4. The van der Waals surface area contributed by atoms with Gasteiger partial charge in [0.15, 0.2) is 9.84 Å². The normalized spacial score (nSPS) is 21.5. The second kappa shape index (κ2) is 5.32. The molecule has 1 aromatic rings. The van der Waals surface area contributed by atoms with Gasteiger partial charge in [0.05, 0.1) is 17.2 Å². The van der Waals surface area contributed by atoms with E-state index in [1.807, 2.05) is 6.92 Å². The molecule has 1 aromatic heterocycles. The average molecular weight is 286 g/mol. The summed E-state index contributed by atoms with van der Waals surface area (Å²) in [5, 5.41) is 6.60. The van der Waals surface area contributed by atoms with Crippen molar-refractivity contribution in [1.82, 2.24) is 10.5 Å². The van der Waals surface area contributed by atoms with Crippen LogP contribution in [0.25, 0.3) is 0 Å². The molecule has 0 aliphatic carbocycles. The van der Waals surface area contributed by atoms with Gasteiger partial charge in [0.25, 0.3) is 0 Å². The zero-order valence-corrected chi connectivity index (χ0v) is 11.9. The molecule has 1 atom stereocenters. The summed E-state index contributed by atoms with van der Waals surface area (Å²) in [5.74, 6) is 0.860. The highest BCUT2D eigenvalue weighted by molar-refractivity contribution is 7.91. The predicted octanol–water partition coefficient (Wildman–Crippen LogP) is 0.732. The summed E-state index contributed by atoms with van der Waals surface area (Å²) in [6, 6.07) is 0. The summed E-state index contributed by atoms with van der Waals surface area (Å²) < 4.78 is 27.6. The van der Waals surface area contributed by atoms with E-state index in [0.29, 0.717) is 18.7 Å². The van der Waals surface area contributed by atoms with Gasteiger partial charge in [0.2, 0.25) is 5.91 Å². The number of carbonyl (C=O) groups is 1. The summed E-state index contributed by atoms with van der Waals surface area (Å²) >= 11 is 0. The Balaban J connectivity index is 1.83. The molecular weight excluding hydrogens is 268 g/mol. The molecular formula is C12H18N2O4S. The van der Waals surface area contributed by atoms with Crippen LogP contribution in [0.3, 0.4) is 0 Å². The van der Waals surface area contributed by atoms with E-state index >= 15 is 0 Å². The molecule has 0 unspecified atom stereocenters. The Morgan fingerprint density at radius 3 is 2.74 bits per heavy atom. The Kier molecular flexibility index (Phi) is 3.93. The van der Waals surface area contributed by atoms with Crippen molar-refractivity contribution >= 4 is 15.7 Å². The number of sulfone groups is 1. The Labute approximate surface area is 112 Å². The van der Waals surface area contributed by atoms with E-state index in [-0.39, 0.29) is 29.8 Å². The standard InChI is InChI=1S/C12H18N2O4S/c1-8-11(9(2)18-14-8)6-13-12(15)5-10-3-4-19(16,17)7-10/h10H,3-7H2,1-2H3,(H,13,15)/t10-/m1/s1. The number of nitrogens with one attached hydrogen (secondary N) is 1. The Morgan fingerprint density at radius 2 is 2.21 bits per heavy atom. The third-order valence-electron chi connectivity index (χ3n) is 3.44. The van der Waals surface area contributed by atoms with Gasteiger partial charge in [-0.05, 0) is 26.2 Å². The minimum atomic E-state index is -2.92. The minimum Gasteiger partial charge on any atom is -0.361 e. The zero-order chi connectivity index (χ0) is 14.0. The SMILES string of the molecule is Cc1noc(C)c1CNC(=O)C[C@H]1CCS(=O)(=O)C1. The molecule has 106 valence electrons. The van der Waals surface area contributed by atoms with E-state index < -0.39 is 9.84 Å². The molecule has 1 amide bonds. The summed E-state index contributed by atoms with van der Waals surface area (Å²) in [4.78, 5) is 11.8. The molecule has 19 heavy (non-hydrogen) atoms.